The molecule has 0 spiro atoms. The van der Waals surface area contributed by atoms with Crippen LogP contribution in [0.1, 0.15) is 12.1 Å². The molecule has 4 rings (SSSR count). The van der Waals surface area contributed by atoms with Gasteiger partial charge in [-0.05, 0) is 24.3 Å². The molecule has 2 amide bonds. The number of aromatic nitrogens is 2. The molecule has 1 saturated heterocycles. The maximum atomic E-state index is 12.6. The van der Waals surface area contributed by atoms with E-state index < -0.39 is 0 Å². The number of pyridine rings is 1. The van der Waals surface area contributed by atoms with E-state index in [0.717, 1.165) is 11.3 Å². The third-order valence-electron chi connectivity index (χ3n) is 4.73. The molecular weight excluding hydrogens is 344 g/mol. The Kier molecular flexibility index (Phi) is 4.50. The summed E-state index contributed by atoms with van der Waals surface area (Å²) in [5.41, 5.74) is 2.31. The highest BCUT2D eigenvalue weighted by atomic mass is 16.5. The van der Waals surface area contributed by atoms with E-state index in [1.807, 2.05) is 53.2 Å². The summed E-state index contributed by atoms with van der Waals surface area (Å²) < 4.78 is 7.24. The molecule has 3 aromatic rings. The van der Waals surface area contributed by atoms with E-state index >= 15 is 0 Å². The number of benzene rings is 1. The van der Waals surface area contributed by atoms with Crippen LogP contribution in [0.25, 0.3) is 5.65 Å². The molecule has 0 saturated carbocycles. The summed E-state index contributed by atoms with van der Waals surface area (Å²) in [5.74, 6) is 0.0150. The van der Waals surface area contributed by atoms with Gasteiger partial charge >= 0.3 is 0 Å². The molecule has 0 aliphatic carbocycles. The van der Waals surface area contributed by atoms with Crippen LogP contribution < -0.4 is 15.0 Å². The average Bonchev–Trinajstić information content (AvgIpc) is 3.29. The number of methoxy groups -OCH3 is 1. The van der Waals surface area contributed by atoms with Crippen molar-refractivity contribution in [1.82, 2.24) is 14.7 Å². The van der Waals surface area contributed by atoms with Crippen LogP contribution in [0.2, 0.25) is 0 Å². The van der Waals surface area contributed by atoms with Gasteiger partial charge in [0.2, 0.25) is 11.8 Å². The van der Waals surface area contributed by atoms with Gasteiger partial charge in [0, 0.05) is 25.4 Å². The van der Waals surface area contributed by atoms with Gasteiger partial charge in [0.1, 0.15) is 11.4 Å². The summed E-state index contributed by atoms with van der Waals surface area (Å²) in [4.78, 5) is 31.1. The van der Waals surface area contributed by atoms with Gasteiger partial charge in [-0.2, -0.15) is 0 Å². The molecule has 27 heavy (non-hydrogen) atoms. The fraction of sp³-hybridized carbons (Fsp3) is 0.250. The van der Waals surface area contributed by atoms with Crippen molar-refractivity contribution in [2.45, 2.75) is 13.0 Å². The smallest absolute Gasteiger partial charge is 0.227 e. The molecular formula is C20H20N4O3. The summed E-state index contributed by atoms with van der Waals surface area (Å²) >= 11 is 0. The number of hydrogen-bond acceptors (Lipinski definition) is 4. The van der Waals surface area contributed by atoms with Crippen LogP contribution >= 0.6 is 0 Å². The number of fused-ring (bicyclic) bond motifs is 1. The van der Waals surface area contributed by atoms with Crippen LogP contribution in [0.3, 0.4) is 0 Å². The molecule has 0 radical (unpaired) electrons. The maximum Gasteiger partial charge on any atom is 0.227 e. The second-order valence-electron chi connectivity index (χ2n) is 6.49. The van der Waals surface area contributed by atoms with Crippen LogP contribution in [0.4, 0.5) is 5.69 Å². The summed E-state index contributed by atoms with van der Waals surface area (Å²) in [7, 11) is 1.57. The minimum atomic E-state index is -0.389. The topological polar surface area (TPSA) is 75.9 Å². The summed E-state index contributed by atoms with van der Waals surface area (Å²) in [6.07, 6.45) is 3.99. The zero-order valence-electron chi connectivity index (χ0n) is 15.0. The molecule has 7 nitrogen and oxygen atoms in total. The molecule has 1 N–H and O–H groups in total. The van der Waals surface area contributed by atoms with Crippen LogP contribution in [0, 0.1) is 5.92 Å². The van der Waals surface area contributed by atoms with Crippen LogP contribution in [0.5, 0.6) is 5.75 Å². The number of imidazole rings is 1. The van der Waals surface area contributed by atoms with Crippen molar-refractivity contribution in [2.75, 3.05) is 18.6 Å². The van der Waals surface area contributed by atoms with Crippen molar-refractivity contribution in [3.63, 3.8) is 0 Å². The Balaban J connectivity index is 1.41. The lowest BCUT2D eigenvalue weighted by atomic mass is 10.1. The van der Waals surface area contributed by atoms with Crippen molar-refractivity contribution in [1.29, 1.82) is 0 Å². The quantitative estimate of drug-likeness (QED) is 0.751. The highest BCUT2D eigenvalue weighted by Crippen LogP contribution is 2.32. The Morgan fingerprint density at radius 2 is 2.07 bits per heavy atom. The van der Waals surface area contributed by atoms with Crippen LogP contribution in [-0.2, 0) is 16.1 Å². The Labute approximate surface area is 156 Å². The number of carbonyl (C=O) groups excluding carboxylic acids is 2. The normalized spacial score (nSPS) is 16.7. The monoisotopic (exact) mass is 364 g/mol. The SMILES string of the molecule is COc1ccccc1N1CC(C(=O)NCc2cn3ccccc3n2)CC1=O. The zero-order valence-corrected chi connectivity index (χ0v) is 15.0. The standard InChI is InChI=1S/C20H20N4O3/c1-27-17-7-3-2-6-16(17)24-12-14(10-19(24)25)20(26)21-11-15-13-23-9-5-4-8-18(23)22-15/h2-9,13-14H,10-12H2,1H3,(H,21,26). The number of ether oxygens (including phenoxy) is 1. The molecule has 2 aromatic heterocycles. The molecule has 1 aliphatic rings. The largest absolute Gasteiger partial charge is 0.495 e. The van der Waals surface area contributed by atoms with Crippen LogP contribution in [-0.4, -0.2) is 34.9 Å². The molecule has 1 atom stereocenters. The van der Waals surface area contributed by atoms with Gasteiger partial charge in [0.25, 0.3) is 0 Å². The number of amides is 2. The van der Waals surface area contributed by atoms with Gasteiger partial charge in [-0.3, -0.25) is 9.59 Å². The minimum Gasteiger partial charge on any atom is -0.495 e. The molecule has 1 aliphatic heterocycles. The van der Waals surface area contributed by atoms with E-state index in [1.165, 1.54) is 0 Å². The summed E-state index contributed by atoms with van der Waals surface area (Å²) in [6.45, 7) is 0.677. The van der Waals surface area contributed by atoms with Crippen LogP contribution in [0.15, 0.2) is 54.9 Å². The number of nitrogens with zero attached hydrogens (tertiary/aromatic N) is 3. The van der Waals surface area contributed by atoms with Crippen molar-refractivity contribution in [3.8, 4) is 5.75 Å². The van der Waals surface area contributed by atoms with Crippen molar-refractivity contribution >= 4 is 23.1 Å². The number of para-hydroxylation sites is 2. The van der Waals surface area contributed by atoms with Crippen molar-refractivity contribution in [2.24, 2.45) is 5.92 Å². The Bertz CT molecular complexity index is 965. The highest BCUT2D eigenvalue weighted by molar-refractivity contribution is 6.01. The zero-order chi connectivity index (χ0) is 18.8. The lowest BCUT2D eigenvalue weighted by molar-refractivity contribution is -0.126. The lowest BCUT2D eigenvalue weighted by Gasteiger charge is -2.19. The predicted octanol–water partition coefficient (Wildman–Crippen LogP) is 2.01. The Hall–Kier alpha value is -3.35. The van der Waals surface area contributed by atoms with E-state index in [2.05, 4.69) is 10.3 Å². The van der Waals surface area contributed by atoms with Gasteiger partial charge in [-0.25, -0.2) is 4.98 Å². The maximum absolute atomic E-state index is 12.6. The first-order chi connectivity index (χ1) is 13.2. The average molecular weight is 364 g/mol. The predicted molar refractivity (Wildman–Crippen MR) is 100 cm³/mol. The Morgan fingerprint density at radius 1 is 1.26 bits per heavy atom. The minimum absolute atomic E-state index is 0.0765. The number of nitrogens with one attached hydrogen (secondary N) is 1. The molecule has 1 unspecified atom stereocenters. The molecule has 138 valence electrons. The van der Waals surface area contributed by atoms with E-state index in [0.29, 0.717) is 24.5 Å². The fourth-order valence-corrected chi connectivity index (χ4v) is 3.36. The molecule has 0 bridgehead atoms. The molecule has 1 aromatic carbocycles. The lowest BCUT2D eigenvalue weighted by Crippen LogP contribution is -2.32. The van der Waals surface area contributed by atoms with Gasteiger partial charge in [-0.1, -0.05) is 18.2 Å². The summed E-state index contributed by atoms with van der Waals surface area (Å²) in [5, 5.41) is 2.90. The molecule has 3 heterocycles. The number of anilines is 1. The van der Waals surface area contributed by atoms with Gasteiger partial charge < -0.3 is 19.4 Å². The highest BCUT2D eigenvalue weighted by Gasteiger charge is 2.36. The Morgan fingerprint density at radius 3 is 2.89 bits per heavy atom. The summed E-state index contributed by atoms with van der Waals surface area (Å²) in [6, 6.07) is 13.1. The third kappa shape index (κ3) is 3.36. The van der Waals surface area contributed by atoms with E-state index in [4.69, 9.17) is 4.74 Å². The number of hydrogen-bond donors (Lipinski definition) is 1. The van der Waals surface area contributed by atoms with E-state index in [9.17, 15) is 9.59 Å². The molecule has 1 fully saturated rings. The van der Waals surface area contributed by atoms with Crippen molar-refractivity contribution < 1.29 is 14.3 Å². The van der Waals surface area contributed by atoms with Gasteiger partial charge in [0.05, 0.1) is 31.0 Å². The van der Waals surface area contributed by atoms with E-state index in [-0.39, 0.29) is 24.2 Å². The molecule has 7 heteroatoms. The van der Waals surface area contributed by atoms with Crippen molar-refractivity contribution in [3.05, 3.63) is 60.6 Å². The third-order valence-corrected chi connectivity index (χ3v) is 4.73. The number of rotatable bonds is 5. The fourth-order valence-electron chi connectivity index (χ4n) is 3.36. The first-order valence-corrected chi connectivity index (χ1v) is 8.79. The second-order valence-corrected chi connectivity index (χ2v) is 6.49. The van der Waals surface area contributed by atoms with Gasteiger partial charge in [-0.15, -0.1) is 0 Å². The van der Waals surface area contributed by atoms with E-state index in [1.54, 1.807) is 18.1 Å². The second kappa shape index (κ2) is 7.11. The first kappa shape index (κ1) is 17.1. The number of carbonyl (C=O) groups is 2. The first-order valence-electron chi connectivity index (χ1n) is 8.79. The van der Waals surface area contributed by atoms with Gasteiger partial charge in [0.15, 0.2) is 0 Å².